The van der Waals surface area contributed by atoms with Gasteiger partial charge in [-0.15, -0.1) is 24.0 Å². The number of alkyl halides is 3. The number of benzene rings is 1. The second-order valence-corrected chi connectivity index (χ2v) is 7.36. The fourth-order valence-electron chi connectivity index (χ4n) is 1.84. The highest BCUT2D eigenvalue weighted by Crippen LogP contribution is 2.32. The van der Waals surface area contributed by atoms with E-state index in [9.17, 15) is 26.0 Å². The molecule has 1 aromatic rings. The van der Waals surface area contributed by atoms with Crippen molar-refractivity contribution in [3.05, 3.63) is 35.1 Å². The van der Waals surface area contributed by atoms with Gasteiger partial charge in [0.15, 0.2) is 15.8 Å². The largest absolute Gasteiger partial charge is 0.416 e. The Bertz CT molecular complexity index is 694. The smallest absolute Gasteiger partial charge is 0.355 e. The van der Waals surface area contributed by atoms with E-state index in [0.29, 0.717) is 6.07 Å². The molecular formula is C14H20F4IN3O2S. The first-order chi connectivity index (χ1) is 11.1. The molecule has 144 valence electrons. The lowest BCUT2D eigenvalue weighted by Gasteiger charge is -2.16. The first-order valence-electron chi connectivity index (χ1n) is 7.09. The molecule has 0 atom stereocenters. The minimum atomic E-state index is -4.68. The van der Waals surface area contributed by atoms with Crippen molar-refractivity contribution in [1.29, 1.82) is 0 Å². The molecular weight excluding hydrogens is 477 g/mol. The van der Waals surface area contributed by atoms with Crippen molar-refractivity contribution in [3.8, 4) is 0 Å². The van der Waals surface area contributed by atoms with Gasteiger partial charge in [0.25, 0.3) is 0 Å². The summed E-state index contributed by atoms with van der Waals surface area (Å²) in [6.45, 7) is 1.36. The molecule has 5 nitrogen and oxygen atoms in total. The van der Waals surface area contributed by atoms with Crippen molar-refractivity contribution in [3.63, 3.8) is 0 Å². The molecule has 0 aromatic heterocycles. The van der Waals surface area contributed by atoms with Gasteiger partial charge in [-0.3, -0.25) is 4.99 Å². The molecule has 0 bridgehead atoms. The van der Waals surface area contributed by atoms with Gasteiger partial charge < -0.3 is 10.6 Å². The summed E-state index contributed by atoms with van der Waals surface area (Å²) in [6.07, 6.45) is -4.68. The van der Waals surface area contributed by atoms with Gasteiger partial charge in [-0.25, -0.2) is 12.8 Å². The molecule has 0 saturated heterocycles. The molecule has 0 aliphatic carbocycles. The summed E-state index contributed by atoms with van der Waals surface area (Å²) in [4.78, 5) is 3.80. The zero-order valence-electron chi connectivity index (χ0n) is 13.7. The number of halogens is 5. The van der Waals surface area contributed by atoms with Gasteiger partial charge in [-0.2, -0.15) is 13.2 Å². The maximum absolute atomic E-state index is 13.0. The Hall–Kier alpha value is -1.11. The summed E-state index contributed by atoms with van der Waals surface area (Å²) < 4.78 is 74.5. The van der Waals surface area contributed by atoms with Gasteiger partial charge in [0.05, 0.1) is 11.3 Å². The molecule has 0 fully saturated rings. The van der Waals surface area contributed by atoms with E-state index in [2.05, 4.69) is 15.6 Å². The first kappa shape index (κ1) is 23.9. The van der Waals surface area contributed by atoms with Crippen LogP contribution in [0.4, 0.5) is 17.6 Å². The van der Waals surface area contributed by atoms with Crippen LogP contribution in [0.2, 0.25) is 0 Å². The van der Waals surface area contributed by atoms with Crippen molar-refractivity contribution >= 4 is 39.8 Å². The second-order valence-electron chi connectivity index (χ2n) is 4.89. The van der Waals surface area contributed by atoms with Crippen LogP contribution in [-0.2, 0) is 22.6 Å². The fraction of sp³-hybridized carbons (Fsp3) is 0.500. The molecule has 0 spiro atoms. The highest BCUT2D eigenvalue weighted by molar-refractivity contribution is 14.0. The average Bonchev–Trinajstić information content (AvgIpc) is 2.50. The average molecular weight is 497 g/mol. The van der Waals surface area contributed by atoms with Gasteiger partial charge in [0.1, 0.15) is 5.82 Å². The van der Waals surface area contributed by atoms with Crippen LogP contribution in [0.5, 0.6) is 0 Å². The minimum Gasteiger partial charge on any atom is -0.355 e. The van der Waals surface area contributed by atoms with Crippen molar-refractivity contribution in [2.75, 3.05) is 25.1 Å². The number of hydrogen-bond donors (Lipinski definition) is 2. The predicted octanol–water partition coefficient (Wildman–Crippen LogP) is 2.56. The Kier molecular flexibility index (Phi) is 9.69. The molecule has 0 aliphatic heterocycles. The Labute approximate surface area is 161 Å². The van der Waals surface area contributed by atoms with Crippen LogP contribution in [0.15, 0.2) is 23.2 Å². The molecule has 0 aliphatic rings. The summed E-state index contributed by atoms with van der Waals surface area (Å²) in [5, 5.41) is 5.35. The standard InChI is InChI=1S/C14H19F4N3O2S.HI/c1-3-24(22,23)7-6-20-13(19-2)21-9-10-4-5-11(15)8-12(10)14(16,17)18;/h4-5,8H,3,6-7,9H2,1-2H3,(H2,19,20,21);1H. The third-order valence-corrected chi connectivity index (χ3v) is 4.90. The molecule has 0 unspecified atom stereocenters. The maximum Gasteiger partial charge on any atom is 0.416 e. The summed E-state index contributed by atoms with van der Waals surface area (Å²) in [6, 6.07) is 2.41. The third-order valence-electron chi connectivity index (χ3n) is 3.19. The SMILES string of the molecule is CCS(=O)(=O)CCNC(=NC)NCc1ccc(F)cc1C(F)(F)F.I. The maximum atomic E-state index is 13.0. The van der Waals surface area contributed by atoms with E-state index >= 15 is 0 Å². The highest BCUT2D eigenvalue weighted by atomic mass is 127. The lowest BCUT2D eigenvalue weighted by atomic mass is 10.1. The van der Waals surface area contributed by atoms with Crippen LogP contribution < -0.4 is 10.6 Å². The van der Waals surface area contributed by atoms with Crippen LogP contribution in [0, 0.1) is 5.82 Å². The fourth-order valence-corrected chi connectivity index (χ4v) is 2.54. The Balaban J connectivity index is 0.00000576. The van der Waals surface area contributed by atoms with Crippen LogP contribution in [0.3, 0.4) is 0 Å². The van der Waals surface area contributed by atoms with Gasteiger partial charge in [-0.1, -0.05) is 13.0 Å². The number of nitrogens with one attached hydrogen (secondary N) is 2. The lowest BCUT2D eigenvalue weighted by Crippen LogP contribution is -2.39. The van der Waals surface area contributed by atoms with Crippen LogP contribution in [0.25, 0.3) is 0 Å². The molecule has 25 heavy (non-hydrogen) atoms. The van der Waals surface area contributed by atoms with Gasteiger partial charge in [-0.05, 0) is 17.7 Å². The van der Waals surface area contributed by atoms with E-state index in [4.69, 9.17) is 0 Å². The quantitative estimate of drug-likeness (QED) is 0.275. The highest BCUT2D eigenvalue weighted by Gasteiger charge is 2.33. The van der Waals surface area contributed by atoms with Gasteiger partial charge in [0, 0.05) is 25.9 Å². The number of rotatable bonds is 6. The van der Waals surface area contributed by atoms with Crippen molar-refractivity contribution in [2.45, 2.75) is 19.6 Å². The Morgan fingerprint density at radius 2 is 1.88 bits per heavy atom. The topological polar surface area (TPSA) is 70.6 Å². The van der Waals surface area contributed by atoms with Gasteiger partial charge >= 0.3 is 6.18 Å². The van der Waals surface area contributed by atoms with Crippen molar-refractivity contribution < 1.29 is 26.0 Å². The second kappa shape index (κ2) is 10.1. The zero-order chi connectivity index (χ0) is 18.4. The van der Waals surface area contributed by atoms with Crippen LogP contribution >= 0.6 is 24.0 Å². The minimum absolute atomic E-state index is 0. The molecule has 2 N–H and O–H groups in total. The van der Waals surface area contributed by atoms with Crippen molar-refractivity contribution in [1.82, 2.24) is 10.6 Å². The van der Waals surface area contributed by atoms with Crippen LogP contribution in [0.1, 0.15) is 18.1 Å². The summed E-state index contributed by atoms with van der Waals surface area (Å²) >= 11 is 0. The predicted molar refractivity (Wildman–Crippen MR) is 99.3 cm³/mol. The summed E-state index contributed by atoms with van der Waals surface area (Å²) in [5.74, 6) is -0.933. The van der Waals surface area contributed by atoms with E-state index in [0.717, 1.165) is 12.1 Å². The van der Waals surface area contributed by atoms with E-state index in [1.54, 1.807) is 0 Å². The van der Waals surface area contributed by atoms with E-state index in [-0.39, 0.29) is 60.1 Å². The van der Waals surface area contributed by atoms with Crippen LogP contribution in [-0.4, -0.2) is 39.5 Å². The molecule has 0 heterocycles. The normalized spacial score (nSPS) is 12.5. The summed E-state index contributed by atoms with van der Waals surface area (Å²) in [5.41, 5.74) is -1.22. The van der Waals surface area contributed by atoms with E-state index in [1.165, 1.54) is 14.0 Å². The van der Waals surface area contributed by atoms with Gasteiger partial charge in [0.2, 0.25) is 0 Å². The number of nitrogens with zero attached hydrogens (tertiary/aromatic N) is 1. The monoisotopic (exact) mass is 497 g/mol. The molecule has 1 aromatic carbocycles. The van der Waals surface area contributed by atoms with Crippen molar-refractivity contribution in [2.24, 2.45) is 4.99 Å². The number of guanidine groups is 1. The first-order valence-corrected chi connectivity index (χ1v) is 8.91. The Morgan fingerprint density at radius 3 is 2.40 bits per heavy atom. The number of hydrogen-bond acceptors (Lipinski definition) is 3. The molecule has 0 radical (unpaired) electrons. The molecule has 0 saturated carbocycles. The zero-order valence-corrected chi connectivity index (χ0v) is 16.8. The Morgan fingerprint density at radius 1 is 1.24 bits per heavy atom. The number of sulfone groups is 1. The molecule has 1 rings (SSSR count). The third kappa shape index (κ3) is 8.21. The van der Waals surface area contributed by atoms with E-state index in [1.807, 2.05) is 0 Å². The molecule has 11 heteroatoms. The number of aliphatic imine (C=N–C) groups is 1. The molecule has 0 amide bonds. The van der Waals surface area contributed by atoms with E-state index < -0.39 is 27.4 Å². The summed E-state index contributed by atoms with van der Waals surface area (Å²) in [7, 11) is -1.76. The lowest BCUT2D eigenvalue weighted by molar-refractivity contribution is -0.138.